The Hall–Kier alpha value is -0.900. The van der Waals surface area contributed by atoms with Crippen LogP contribution >= 0.6 is 0 Å². The van der Waals surface area contributed by atoms with Gasteiger partial charge in [-0.1, -0.05) is 37.3 Å². The van der Waals surface area contributed by atoms with Crippen LogP contribution < -0.4 is 0 Å². The molecule has 1 fully saturated rings. The van der Waals surface area contributed by atoms with Crippen molar-refractivity contribution < 1.29 is 5.11 Å². The molecule has 106 valence electrons. The van der Waals surface area contributed by atoms with E-state index in [0.717, 1.165) is 26.2 Å². The molecule has 1 atom stereocenters. The fraction of sp³-hybridized carbons (Fsp3) is 0.625. The number of hydrogen-bond donors (Lipinski definition) is 1. The molecule has 0 saturated carbocycles. The van der Waals surface area contributed by atoms with E-state index in [1.807, 2.05) is 0 Å². The molecule has 1 aliphatic heterocycles. The summed E-state index contributed by atoms with van der Waals surface area (Å²) < 4.78 is 0. The molecule has 3 nitrogen and oxygen atoms in total. The Kier molecular flexibility index (Phi) is 5.83. The van der Waals surface area contributed by atoms with E-state index in [0.29, 0.717) is 6.04 Å². The predicted octanol–water partition coefficient (Wildman–Crippen LogP) is 1.97. The third kappa shape index (κ3) is 4.30. The van der Waals surface area contributed by atoms with E-state index in [1.54, 1.807) is 0 Å². The lowest BCUT2D eigenvalue weighted by Gasteiger charge is -2.38. The first-order valence-electron chi connectivity index (χ1n) is 7.44. The van der Waals surface area contributed by atoms with Gasteiger partial charge in [0.2, 0.25) is 0 Å². The van der Waals surface area contributed by atoms with Gasteiger partial charge in [-0.05, 0) is 31.5 Å². The third-order valence-electron chi connectivity index (χ3n) is 4.04. The van der Waals surface area contributed by atoms with E-state index in [9.17, 15) is 0 Å². The molecule has 0 spiro atoms. The van der Waals surface area contributed by atoms with E-state index in [1.165, 1.54) is 24.9 Å². The van der Waals surface area contributed by atoms with Gasteiger partial charge in [-0.25, -0.2) is 0 Å². The van der Waals surface area contributed by atoms with Crippen LogP contribution in [0.1, 0.15) is 25.3 Å². The quantitative estimate of drug-likeness (QED) is 0.849. The smallest absolute Gasteiger partial charge is 0.0558 e. The maximum atomic E-state index is 9.14. The Bertz CT molecular complexity index is 355. The summed E-state index contributed by atoms with van der Waals surface area (Å²) in [6.45, 7) is 7.67. The van der Waals surface area contributed by atoms with Crippen LogP contribution in [-0.2, 0) is 6.54 Å². The molecule has 0 aliphatic carbocycles. The van der Waals surface area contributed by atoms with Gasteiger partial charge in [0.25, 0.3) is 0 Å². The summed E-state index contributed by atoms with van der Waals surface area (Å²) in [4.78, 5) is 4.96. The van der Waals surface area contributed by atoms with Crippen molar-refractivity contribution in [3.8, 4) is 0 Å². The fourth-order valence-electron chi connectivity index (χ4n) is 3.04. The number of benzene rings is 1. The first-order chi connectivity index (χ1) is 9.33. The highest BCUT2D eigenvalue weighted by atomic mass is 16.3. The number of nitrogens with zero attached hydrogens (tertiary/aromatic N) is 2. The normalized spacial score (nSPS) is 20.9. The first-order valence-corrected chi connectivity index (χ1v) is 7.44. The van der Waals surface area contributed by atoms with E-state index < -0.39 is 0 Å². The van der Waals surface area contributed by atoms with E-state index in [2.05, 4.69) is 47.1 Å². The molecular formula is C16H26N2O. The second-order valence-corrected chi connectivity index (χ2v) is 5.37. The van der Waals surface area contributed by atoms with Gasteiger partial charge in [-0.15, -0.1) is 0 Å². The van der Waals surface area contributed by atoms with Crippen molar-refractivity contribution in [3.05, 3.63) is 35.9 Å². The van der Waals surface area contributed by atoms with Crippen LogP contribution in [0.3, 0.4) is 0 Å². The number of rotatable bonds is 6. The van der Waals surface area contributed by atoms with Gasteiger partial charge in [0.1, 0.15) is 0 Å². The summed E-state index contributed by atoms with van der Waals surface area (Å²) in [5, 5.41) is 9.14. The van der Waals surface area contributed by atoms with Crippen molar-refractivity contribution in [1.29, 1.82) is 0 Å². The molecule has 19 heavy (non-hydrogen) atoms. The Morgan fingerprint density at radius 3 is 2.79 bits per heavy atom. The molecule has 0 unspecified atom stereocenters. The summed E-state index contributed by atoms with van der Waals surface area (Å²) in [6, 6.07) is 11.3. The Balaban J connectivity index is 1.89. The first kappa shape index (κ1) is 14.5. The lowest BCUT2D eigenvalue weighted by Crippen LogP contribution is -2.48. The lowest BCUT2D eigenvalue weighted by molar-refractivity contribution is 0.0823. The van der Waals surface area contributed by atoms with Crippen molar-refractivity contribution in [1.82, 2.24) is 9.80 Å². The zero-order valence-corrected chi connectivity index (χ0v) is 12.0. The van der Waals surface area contributed by atoms with Crippen LogP contribution in [0.4, 0.5) is 0 Å². The summed E-state index contributed by atoms with van der Waals surface area (Å²) in [5.41, 5.74) is 1.40. The predicted molar refractivity (Wildman–Crippen MR) is 79.1 cm³/mol. The fourth-order valence-corrected chi connectivity index (χ4v) is 3.04. The zero-order valence-electron chi connectivity index (χ0n) is 12.0. The molecule has 3 heteroatoms. The minimum Gasteiger partial charge on any atom is -0.395 e. The maximum absolute atomic E-state index is 9.14. The van der Waals surface area contributed by atoms with E-state index in [-0.39, 0.29) is 6.61 Å². The SMILES string of the molecule is CCN(CCO)[C@H]1CCCN(Cc2ccccc2)C1. The van der Waals surface area contributed by atoms with Crippen molar-refractivity contribution in [3.63, 3.8) is 0 Å². The molecule has 0 bridgehead atoms. The minimum atomic E-state index is 0.267. The van der Waals surface area contributed by atoms with Gasteiger partial charge in [0, 0.05) is 25.7 Å². The lowest BCUT2D eigenvalue weighted by atomic mass is 10.0. The number of hydrogen-bond acceptors (Lipinski definition) is 3. The Morgan fingerprint density at radius 2 is 2.11 bits per heavy atom. The van der Waals surface area contributed by atoms with Gasteiger partial charge < -0.3 is 5.11 Å². The molecule has 0 amide bonds. The number of piperidine rings is 1. The largest absolute Gasteiger partial charge is 0.395 e. The summed E-state index contributed by atoms with van der Waals surface area (Å²) in [7, 11) is 0. The van der Waals surface area contributed by atoms with Crippen LogP contribution in [-0.4, -0.2) is 53.7 Å². The number of likely N-dealkylation sites (tertiary alicyclic amines) is 1. The van der Waals surface area contributed by atoms with Crippen LogP contribution in [0.15, 0.2) is 30.3 Å². The third-order valence-corrected chi connectivity index (χ3v) is 4.04. The summed E-state index contributed by atoms with van der Waals surface area (Å²) in [5.74, 6) is 0. The summed E-state index contributed by atoms with van der Waals surface area (Å²) >= 11 is 0. The second kappa shape index (κ2) is 7.63. The molecule has 1 saturated heterocycles. The molecule has 1 heterocycles. The second-order valence-electron chi connectivity index (χ2n) is 5.37. The van der Waals surface area contributed by atoms with Gasteiger partial charge >= 0.3 is 0 Å². The molecule has 1 aromatic carbocycles. The minimum absolute atomic E-state index is 0.267. The number of aliphatic hydroxyl groups excluding tert-OH is 1. The molecule has 1 N–H and O–H groups in total. The zero-order chi connectivity index (χ0) is 13.5. The van der Waals surface area contributed by atoms with E-state index in [4.69, 9.17) is 5.11 Å². The maximum Gasteiger partial charge on any atom is 0.0558 e. The Labute approximate surface area is 116 Å². The molecule has 0 radical (unpaired) electrons. The van der Waals surface area contributed by atoms with E-state index >= 15 is 0 Å². The summed E-state index contributed by atoms with van der Waals surface area (Å²) in [6.07, 6.45) is 2.53. The Morgan fingerprint density at radius 1 is 1.32 bits per heavy atom. The van der Waals surface area contributed by atoms with Crippen LogP contribution in [0, 0.1) is 0 Å². The topological polar surface area (TPSA) is 26.7 Å². The highest BCUT2D eigenvalue weighted by Crippen LogP contribution is 2.17. The van der Waals surface area contributed by atoms with Crippen LogP contribution in [0.25, 0.3) is 0 Å². The number of likely N-dealkylation sites (N-methyl/N-ethyl adjacent to an activating group) is 1. The standard InChI is InChI=1S/C16H26N2O/c1-2-18(11-12-19)16-9-6-10-17(14-16)13-15-7-4-3-5-8-15/h3-5,7-8,16,19H,2,6,9-14H2,1H3/t16-/m0/s1. The molecule has 2 rings (SSSR count). The van der Waals surface area contributed by atoms with Crippen LogP contribution in [0.2, 0.25) is 0 Å². The van der Waals surface area contributed by atoms with Crippen molar-refractivity contribution in [2.24, 2.45) is 0 Å². The van der Waals surface area contributed by atoms with Crippen molar-refractivity contribution in [2.75, 3.05) is 32.8 Å². The molecule has 1 aromatic rings. The number of aliphatic hydroxyl groups is 1. The van der Waals surface area contributed by atoms with Gasteiger partial charge in [-0.3, -0.25) is 9.80 Å². The highest BCUT2D eigenvalue weighted by molar-refractivity contribution is 5.14. The molecular weight excluding hydrogens is 236 g/mol. The van der Waals surface area contributed by atoms with Gasteiger partial charge in [0.05, 0.1) is 6.61 Å². The average molecular weight is 262 g/mol. The van der Waals surface area contributed by atoms with Gasteiger partial charge in [-0.2, -0.15) is 0 Å². The van der Waals surface area contributed by atoms with Gasteiger partial charge in [0.15, 0.2) is 0 Å². The van der Waals surface area contributed by atoms with Crippen molar-refractivity contribution in [2.45, 2.75) is 32.4 Å². The average Bonchev–Trinajstić information content (AvgIpc) is 2.46. The molecule has 1 aliphatic rings. The highest BCUT2D eigenvalue weighted by Gasteiger charge is 2.23. The van der Waals surface area contributed by atoms with Crippen LogP contribution in [0.5, 0.6) is 0 Å². The van der Waals surface area contributed by atoms with Crippen molar-refractivity contribution >= 4 is 0 Å². The monoisotopic (exact) mass is 262 g/mol. The molecule has 0 aromatic heterocycles.